The maximum atomic E-state index is 13.5. The van der Waals surface area contributed by atoms with Crippen LogP contribution < -0.4 is 5.73 Å². The highest BCUT2D eigenvalue weighted by atomic mass is 35.5. The van der Waals surface area contributed by atoms with Crippen molar-refractivity contribution in [2.24, 2.45) is 5.73 Å². The number of hydrogen-bond acceptors (Lipinski definition) is 1. The summed E-state index contributed by atoms with van der Waals surface area (Å²) in [5.74, 6) is -0.227. The molecule has 88 valence electrons. The second kappa shape index (κ2) is 5.30. The van der Waals surface area contributed by atoms with Crippen molar-refractivity contribution in [3.05, 3.63) is 70.5 Å². The van der Waals surface area contributed by atoms with Crippen LogP contribution >= 0.6 is 11.6 Å². The van der Waals surface area contributed by atoms with Gasteiger partial charge in [-0.2, -0.15) is 0 Å². The highest BCUT2D eigenvalue weighted by molar-refractivity contribution is 6.31. The Morgan fingerprint density at radius 1 is 1.06 bits per heavy atom. The van der Waals surface area contributed by atoms with Gasteiger partial charge >= 0.3 is 0 Å². The normalized spacial score (nSPS) is 12.4. The molecular weight excluding hydrogens is 237 g/mol. The lowest BCUT2D eigenvalue weighted by molar-refractivity contribution is 0.593. The quantitative estimate of drug-likeness (QED) is 0.882. The molecule has 0 aliphatic carbocycles. The zero-order valence-electron chi connectivity index (χ0n) is 9.24. The largest absolute Gasteiger partial charge is 0.324 e. The number of hydrogen-bond donors (Lipinski definition) is 1. The molecule has 17 heavy (non-hydrogen) atoms. The van der Waals surface area contributed by atoms with Crippen LogP contribution in [-0.2, 0) is 6.42 Å². The molecule has 0 aliphatic rings. The van der Waals surface area contributed by atoms with Gasteiger partial charge in [-0.25, -0.2) is 4.39 Å². The summed E-state index contributed by atoms with van der Waals surface area (Å²) in [4.78, 5) is 0. The fraction of sp³-hybridized carbons (Fsp3) is 0.143. The molecular formula is C14H13ClFN. The van der Waals surface area contributed by atoms with Crippen LogP contribution in [0.25, 0.3) is 0 Å². The van der Waals surface area contributed by atoms with Gasteiger partial charge in [0.1, 0.15) is 5.82 Å². The first-order valence-corrected chi connectivity index (χ1v) is 5.79. The first-order valence-electron chi connectivity index (χ1n) is 5.42. The Bertz CT molecular complexity index is 513. The number of rotatable bonds is 3. The van der Waals surface area contributed by atoms with E-state index in [1.807, 2.05) is 18.2 Å². The van der Waals surface area contributed by atoms with E-state index in [0.29, 0.717) is 17.0 Å². The lowest BCUT2D eigenvalue weighted by atomic mass is 9.99. The second-order valence-electron chi connectivity index (χ2n) is 3.92. The van der Waals surface area contributed by atoms with Gasteiger partial charge in [0.05, 0.1) is 0 Å². The van der Waals surface area contributed by atoms with Gasteiger partial charge in [-0.05, 0) is 29.7 Å². The van der Waals surface area contributed by atoms with Gasteiger partial charge in [0.15, 0.2) is 0 Å². The Morgan fingerprint density at radius 2 is 1.71 bits per heavy atom. The summed E-state index contributed by atoms with van der Waals surface area (Å²) >= 11 is 6.05. The predicted octanol–water partition coefficient (Wildman–Crippen LogP) is 3.72. The third kappa shape index (κ3) is 2.84. The van der Waals surface area contributed by atoms with Crippen molar-refractivity contribution in [1.82, 2.24) is 0 Å². The Labute approximate surface area is 105 Å². The minimum atomic E-state index is -0.291. The number of nitrogens with two attached hydrogens (primary N) is 1. The lowest BCUT2D eigenvalue weighted by Crippen LogP contribution is -2.14. The summed E-state index contributed by atoms with van der Waals surface area (Å²) in [5, 5.41) is 0.622. The van der Waals surface area contributed by atoms with E-state index >= 15 is 0 Å². The highest BCUT2D eigenvalue weighted by Gasteiger charge is 2.12. The Hall–Kier alpha value is -1.38. The first-order chi connectivity index (χ1) is 8.18. The molecule has 0 amide bonds. The highest BCUT2D eigenvalue weighted by Crippen LogP contribution is 2.24. The van der Waals surface area contributed by atoms with Gasteiger partial charge in [0, 0.05) is 11.1 Å². The van der Waals surface area contributed by atoms with E-state index in [4.69, 9.17) is 17.3 Å². The summed E-state index contributed by atoms with van der Waals surface area (Å²) in [7, 11) is 0. The fourth-order valence-corrected chi connectivity index (χ4v) is 2.06. The van der Waals surface area contributed by atoms with Gasteiger partial charge in [-0.15, -0.1) is 0 Å². The third-order valence-corrected chi connectivity index (χ3v) is 3.05. The van der Waals surface area contributed by atoms with Crippen LogP contribution in [-0.4, -0.2) is 0 Å². The van der Waals surface area contributed by atoms with E-state index in [2.05, 4.69) is 0 Å². The van der Waals surface area contributed by atoms with Gasteiger partial charge in [-0.1, -0.05) is 48.0 Å². The molecule has 1 atom stereocenters. The molecule has 0 radical (unpaired) electrons. The summed E-state index contributed by atoms with van der Waals surface area (Å²) in [6.07, 6.45) is 0.441. The summed E-state index contributed by atoms with van der Waals surface area (Å²) < 4.78 is 13.5. The molecule has 0 bridgehead atoms. The van der Waals surface area contributed by atoms with Crippen molar-refractivity contribution in [3.63, 3.8) is 0 Å². The Balaban J connectivity index is 2.20. The Kier molecular flexibility index (Phi) is 3.77. The average molecular weight is 250 g/mol. The predicted molar refractivity (Wildman–Crippen MR) is 68.5 cm³/mol. The van der Waals surface area contributed by atoms with Crippen LogP contribution in [0.15, 0.2) is 48.5 Å². The maximum absolute atomic E-state index is 13.5. The molecule has 0 saturated heterocycles. The number of halogens is 2. The van der Waals surface area contributed by atoms with Crippen molar-refractivity contribution in [2.45, 2.75) is 12.5 Å². The van der Waals surface area contributed by atoms with E-state index in [0.717, 1.165) is 5.56 Å². The molecule has 2 aromatic carbocycles. The molecule has 1 unspecified atom stereocenters. The fourth-order valence-electron chi connectivity index (χ4n) is 1.79. The zero-order chi connectivity index (χ0) is 12.3. The molecule has 0 aromatic heterocycles. The van der Waals surface area contributed by atoms with Crippen LogP contribution in [0.4, 0.5) is 4.39 Å². The minimum Gasteiger partial charge on any atom is -0.324 e. The molecule has 1 nitrogen and oxygen atoms in total. The maximum Gasteiger partial charge on any atom is 0.126 e. The zero-order valence-corrected chi connectivity index (χ0v) is 9.99. The Morgan fingerprint density at radius 3 is 2.41 bits per heavy atom. The average Bonchev–Trinajstić information content (AvgIpc) is 2.32. The van der Waals surface area contributed by atoms with Gasteiger partial charge < -0.3 is 5.73 Å². The van der Waals surface area contributed by atoms with Crippen LogP contribution in [0.5, 0.6) is 0 Å². The van der Waals surface area contributed by atoms with Gasteiger partial charge in [0.25, 0.3) is 0 Å². The van der Waals surface area contributed by atoms with Crippen molar-refractivity contribution < 1.29 is 4.39 Å². The van der Waals surface area contributed by atoms with E-state index in [1.54, 1.807) is 24.3 Å². The standard InChI is InChI=1S/C14H13ClFN/c15-12-7-3-2-6-11(12)14(17)9-10-5-1-4-8-13(10)16/h1-8,14H,9,17H2. The van der Waals surface area contributed by atoms with Crippen molar-refractivity contribution in [2.75, 3.05) is 0 Å². The summed E-state index contributed by atoms with van der Waals surface area (Å²) in [6, 6.07) is 13.7. The van der Waals surface area contributed by atoms with Crippen molar-refractivity contribution >= 4 is 11.6 Å². The van der Waals surface area contributed by atoms with E-state index in [-0.39, 0.29) is 11.9 Å². The van der Waals surface area contributed by atoms with Crippen LogP contribution in [0.3, 0.4) is 0 Å². The monoisotopic (exact) mass is 249 g/mol. The van der Waals surface area contributed by atoms with Gasteiger partial charge in [0.2, 0.25) is 0 Å². The van der Waals surface area contributed by atoms with E-state index in [1.165, 1.54) is 6.07 Å². The molecule has 2 N–H and O–H groups in total. The van der Waals surface area contributed by atoms with Crippen LogP contribution in [0.1, 0.15) is 17.2 Å². The third-order valence-electron chi connectivity index (χ3n) is 2.70. The SMILES string of the molecule is NC(Cc1ccccc1F)c1ccccc1Cl. The first kappa shape index (κ1) is 12.1. The smallest absolute Gasteiger partial charge is 0.126 e. The van der Waals surface area contributed by atoms with E-state index in [9.17, 15) is 4.39 Å². The lowest BCUT2D eigenvalue weighted by Gasteiger charge is -2.14. The minimum absolute atomic E-state index is 0.227. The molecule has 2 rings (SSSR count). The summed E-state index contributed by atoms with van der Waals surface area (Å²) in [6.45, 7) is 0. The van der Waals surface area contributed by atoms with Crippen LogP contribution in [0, 0.1) is 5.82 Å². The molecule has 0 saturated carbocycles. The van der Waals surface area contributed by atoms with Crippen molar-refractivity contribution in [3.8, 4) is 0 Å². The van der Waals surface area contributed by atoms with Gasteiger partial charge in [-0.3, -0.25) is 0 Å². The summed E-state index contributed by atoms with van der Waals surface area (Å²) in [5.41, 5.74) is 7.50. The van der Waals surface area contributed by atoms with Crippen LogP contribution in [0.2, 0.25) is 5.02 Å². The molecule has 3 heteroatoms. The molecule has 2 aromatic rings. The van der Waals surface area contributed by atoms with Crippen molar-refractivity contribution in [1.29, 1.82) is 0 Å². The number of benzene rings is 2. The molecule has 0 spiro atoms. The topological polar surface area (TPSA) is 26.0 Å². The second-order valence-corrected chi connectivity index (χ2v) is 4.33. The molecule has 0 aliphatic heterocycles. The molecule has 0 fully saturated rings. The van der Waals surface area contributed by atoms with E-state index < -0.39 is 0 Å². The molecule has 0 heterocycles.